The van der Waals surface area contributed by atoms with Gasteiger partial charge in [-0.1, -0.05) is 13.8 Å². The van der Waals surface area contributed by atoms with E-state index in [1.165, 1.54) is 26.2 Å². The molecule has 1 aromatic rings. The molecule has 0 aliphatic carbocycles. The smallest absolute Gasteiger partial charge is 0.243 e. The second-order valence-corrected chi connectivity index (χ2v) is 5.05. The molecule has 1 amide bonds. The van der Waals surface area contributed by atoms with Gasteiger partial charge < -0.3 is 24.8 Å². The fourth-order valence-corrected chi connectivity index (χ4v) is 1.90. The van der Waals surface area contributed by atoms with E-state index in [9.17, 15) is 4.79 Å². The van der Waals surface area contributed by atoms with E-state index in [0.29, 0.717) is 22.9 Å². The number of likely N-dealkylation sites (N-methyl/N-ethyl adjacent to an activating group) is 1. The standard InChI is InChI=1S/C15H24N2O4.ClH/c1-9(2)13(16)15(18)17(3)10-7-11(19-4)14(21-6)12(8-10)20-5;/h7-9,13H,16H2,1-6H3;1H/t13-;/m0./s1. The number of methoxy groups -OCH3 is 3. The van der Waals surface area contributed by atoms with E-state index >= 15 is 0 Å². The summed E-state index contributed by atoms with van der Waals surface area (Å²) in [6.45, 7) is 3.82. The van der Waals surface area contributed by atoms with Crippen molar-refractivity contribution in [1.29, 1.82) is 0 Å². The molecule has 7 heteroatoms. The second-order valence-electron chi connectivity index (χ2n) is 5.05. The van der Waals surface area contributed by atoms with Crippen LogP contribution in [0, 0.1) is 5.92 Å². The maximum absolute atomic E-state index is 12.3. The zero-order valence-corrected chi connectivity index (χ0v) is 14.7. The lowest BCUT2D eigenvalue weighted by Gasteiger charge is -2.25. The van der Waals surface area contributed by atoms with Crippen LogP contribution in [0.2, 0.25) is 0 Å². The fraction of sp³-hybridized carbons (Fsp3) is 0.533. The van der Waals surface area contributed by atoms with Gasteiger partial charge in [0.25, 0.3) is 0 Å². The Labute approximate surface area is 137 Å². The Balaban J connectivity index is 0.00000441. The predicted molar refractivity (Wildman–Crippen MR) is 89.6 cm³/mol. The fourth-order valence-electron chi connectivity index (χ4n) is 1.90. The van der Waals surface area contributed by atoms with Gasteiger partial charge in [-0.15, -0.1) is 12.4 Å². The van der Waals surface area contributed by atoms with Crippen LogP contribution < -0.4 is 24.8 Å². The van der Waals surface area contributed by atoms with Crippen molar-refractivity contribution >= 4 is 24.0 Å². The van der Waals surface area contributed by atoms with Crippen molar-refractivity contribution in [2.75, 3.05) is 33.3 Å². The summed E-state index contributed by atoms with van der Waals surface area (Å²) in [5, 5.41) is 0. The summed E-state index contributed by atoms with van der Waals surface area (Å²) in [5.74, 6) is 1.35. The molecule has 0 spiro atoms. The molecule has 0 aliphatic heterocycles. The number of nitrogens with two attached hydrogens (primary N) is 1. The van der Waals surface area contributed by atoms with Crippen LogP contribution in [0.25, 0.3) is 0 Å². The Bertz CT molecular complexity index is 483. The van der Waals surface area contributed by atoms with Gasteiger partial charge in [0.1, 0.15) is 0 Å². The first-order valence-electron chi connectivity index (χ1n) is 6.70. The van der Waals surface area contributed by atoms with E-state index in [0.717, 1.165) is 0 Å². The summed E-state index contributed by atoms with van der Waals surface area (Å²) in [6.07, 6.45) is 0. The minimum absolute atomic E-state index is 0. The minimum atomic E-state index is -0.561. The first-order chi connectivity index (χ1) is 9.87. The molecule has 0 saturated carbocycles. The topological polar surface area (TPSA) is 74.0 Å². The molecular weight excluding hydrogens is 308 g/mol. The number of hydrogen-bond acceptors (Lipinski definition) is 5. The van der Waals surface area contributed by atoms with Crippen molar-refractivity contribution in [2.45, 2.75) is 19.9 Å². The Morgan fingerprint density at radius 2 is 1.55 bits per heavy atom. The third-order valence-corrected chi connectivity index (χ3v) is 3.37. The Morgan fingerprint density at radius 3 is 1.86 bits per heavy atom. The summed E-state index contributed by atoms with van der Waals surface area (Å²) >= 11 is 0. The van der Waals surface area contributed by atoms with Crippen molar-refractivity contribution in [3.63, 3.8) is 0 Å². The van der Waals surface area contributed by atoms with Gasteiger partial charge in [0.15, 0.2) is 11.5 Å². The lowest BCUT2D eigenvalue weighted by Crippen LogP contribution is -2.45. The van der Waals surface area contributed by atoms with Gasteiger partial charge >= 0.3 is 0 Å². The molecule has 22 heavy (non-hydrogen) atoms. The molecule has 1 aromatic carbocycles. The minimum Gasteiger partial charge on any atom is -0.493 e. The van der Waals surface area contributed by atoms with Crippen molar-refractivity contribution in [3.8, 4) is 17.2 Å². The third kappa shape index (κ3) is 4.18. The number of nitrogens with zero attached hydrogens (tertiary/aromatic N) is 1. The largest absolute Gasteiger partial charge is 0.493 e. The van der Waals surface area contributed by atoms with Crippen molar-refractivity contribution in [3.05, 3.63) is 12.1 Å². The van der Waals surface area contributed by atoms with E-state index in [1.54, 1.807) is 19.2 Å². The van der Waals surface area contributed by atoms with Gasteiger partial charge in [0, 0.05) is 19.2 Å². The molecule has 0 aliphatic rings. The van der Waals surface area contributed by atoms with Gasteiger partial charge in [-0.2, -0.15) is 0 Å². The third-order valence-electron chi connectivity index (χ3n) is 3.37. The molecule has 6 nitrogen and oxygen atoms in total. The van der Waals surface area contributed by atoms with Crippen LogP contribution in [0.3, 0.4) is 0 Å². The summed E-state index contributed by atoms with van der Waals surface area (Å²) < 4.78 is 15.8. The monoisotopic (exact) mass is 332 g/mol. The van der Waals surface area contributed by atoms with Crippen molar-refractivity contribution < 1.29 is 19.0 Å². The predicted octanol–water partition coefficient (Wildman–Crippen LogP) is 2.08. The lowest BCUT2D eigenvalue weighted by molar-refractivity contribution is -0.120. The number of amides is 1. The highest BCUT2D eigenvalue weighted by atomic mass is 35.5. The number of halogens is 1. The molecule has 2 N–H and O–H groups in total. The first-order valence-corrected chi connectivity index (χ1v) is 6.70. The number of ether oxygens (including phenoxy) is 3. The van der Waals surface area contributed by atoms with E-state index in [4.69, 9.17) is 19.9 Å². The Morgan fingerprint density at radius 1 is 1.09 bits per heavy atom. The van der Waals surface area contributed by atoms with Crippen LogP contribution in [0.15, 0.2) is 12.1 Å². The average molecular weight is 333 g/mol. The van der Waals surface area contributed by atoms with Crippen molar-refractivity contribution in [2.24, 2.45) is 11.7 Å². The SMILES string of the molecule is COc1cc(N(C)C(=O)[C@@H](N)C(C)C)cc(OC)c1OC.Cl. The van der Waals surface area contributed by atoms with Crippen molar-refractivity contribution in [1.82, 2.24) is 0 Å². The summed E-state index contributed by atoms with van der Waals surface area (Å²) in [5.41, 5.74) is 6.55. The molecule has 126 valence electrons. The van der Waals surface area contributed by atoms with E-state index in [-0.39, 0.29) is 24.2 Å². The average Bonchev–Trinajstić information content (AvgIpc) is 2.50. The van der Waals surface area contributed by atoms with E-state index in [2.05, 4.69) is 0 Å². The number of hydrogen-bond donors (Lipinski definition) is 1. The van der Waals surface area contributed by atoms with Gasteiger partial charge in [0.2, 0.25) is 11.7 Å². The van der Waals surface area contributed by atoms with E-state index in [1.807, 2.05) is 13.8 Å². The number of benzene rings is 1. The molecule has 0 saturated heterocycles. The molecule has 0 heterocycles. The van der Waals surface area contributed by atoms with Gasteiger partial charge in [-0.25, -0.2) is 0 Å². The molecular formula is C15H25ClN2O4. The van der Waals surface area contributed by atoms with Crippen LogP contribution in [0.4, 0.5) is 5.69 Å². The Hall–Kier alpha value is -1.66. The number of rotatable bonds is 6. The summed E-state index contributed by atoms with van der Waals surface area (Å²) in [4.78, 5) is 13.8. The maximum Gasteiger partial charge on any atom is 0.243 e. The normalized spacial score (nSPS) is 11.5. The number of anilines is 1. The first kappa shape index (κ1) is 20.3. The molecule has 0 aromatic heterocycles. The molecule has 0 fully saturated rings. The highest BCUT2D eigenvalue weighted by molar-refractivity contribution is 5.97. The van der Waals surface area contributed by atoms with Crippen LogP contribution in [0.1, 0.15) is 13.8 Å². The highest BCUT2D eigenvalue weighted by Crippen LogP contribution is 2.40. The van der Waals surface area contributed by atoms with Gasteiger partial charge in [0.05, 0.1) is 33.1 Å². The maximum atomic E-state index is 12.3. The molecule has 0 bridgehead atoms. The summed E-state index contributed by atoms with van der Waals surface area (Å²) in [7, 11) is 6.26. The van der Waals surface area contributed by atoms with Gasteiger partial charge in [-0.3, -0.25) is 4.79 Å². The molecule has 1 rings (SSSR count). The molecule has 1 atom stereocenters. The van der Waals surface area contributed by atoms with Crippen LogP contribution in [-0.4, -0.2) is 40.3 Å². The second kappa shape index (κ2) is 8.70. The van der Waals surface area contributed by atoms with E-state index < -0.39 is 6.04 Å². The quantitative estimate of drug-likeness (QED) is 0.863. The zero-order chi connectivity index (χ0) is 16.2. The Kier molecular flexibility index (Phi) is 8.05. The number of carbonyl (C=O) groups excluding carboxylic acids is 1. The lowest BCUT2D eigenvalue weighted by atomic mass is 10.0. The van der Waals surface area contributed by atoms with Crippen LogP contribution in [0.5, 0.6) is 17.2 Å². The van der Waals surface area contributed by atoms with Crippen LogP contribution >= 0.6 is 12.4 Å². The zero-order valence-electron chi connectivity index (χ0n) is 13.9. The van der Waals surface area contributed by atoms with Gasteiger partial charge in [-0.05, 0) is 5.92 Å². The van der Waals surface area contributed by atoms with Crippen LogP contribution in [-0.2, 0) is 4.79 Å². The molecule has 0 radical (unpaired) electrons. The molecule has 0 unspecified atom stereocenters. The number of carbonyl (C=O) groups is 1. The summed E-state index contributed by atoms with van der Waals surface area (Å²) in [6, 6.07) is 2.87. The highest BCUT2D eigenvalue weighted by Gasteiger charge is 2.24.